The molecule has 0 bridgehead atoms. The minimum atomic E-state index is -0.268. The van der Waals surface area contributed by atoms with E-state index in [9.17, 15) is 4.79 Å². The number of amides is 1. The summed E-state index contributed by atoms with van der Waals surface area (Å²) in [4.78, 5) is 20.8. The first kappa shape index (κ1) is 16.6. The molecular weight excluding hydrogens is 344 g/mol. The number of anilines is 1. The van der Waals surface area contributed by atoms with Crippen molar-refractivity contribution in [3.05, 3.63) is 66.7 Å². The van der Waals surface area contributed by atoms with Gasteiger partial charge in [0.25, 0.3) is 5.91 Å². The van der Waals surface area contributed by atoms with E-state index in [-0.39, 0.29) is 11.6 Å². The Morgan fingerprint density at radius 3 is 2.67 bits per heavy atom. The van der Waals surface area contributed by atoms with Gasteiger partial charge in [0, 0.05) is 25.5 Å². The minimum Gasteiger partial charge on any atom is -0.367 e. The second-order valence-corrected chi connectivity index (χ2v) is 5.65. The summed E-state index contributed by atoms with van der Waals surface area (Å²) in [5.74, 6) is 0.981. The van der Waals surface area contributed by atoms with E-state index in [0.29, 0.717) is 30.2 Å². The van der Waals surface area contributed by atoms with Crippen molar-refractivity contribution in [1.29, 1.82) is 0 Å². The first-order chi connectivity index (χ1) is 13.3. The summed E-state index contributed by atoms with van der Waals surface area (Å²) in [5, 5.41) is 18.2. The Morgan fingerprint density at radius 2 is 1.89 bits per heavy atom. The van der Waals surface area contributed by atoms with Crippen molar-refractivity contribution < 1.29 is 4.79 Å². The predicted molar refractivity (Wildman–Crippen MR) is 99.5 cm³/mol. The minimum absolute atomic E-state index is 0.268. The zero-order chi connectivity index (χ0) is 18.5. The van der Waals surface area contributed by atoms with Crippen LogP contribution in [0, 0.1) is 0 Å². The molecule has 1 amide bonds. The average molecular weight is 360 g/mol. The van der Waals surface area contributed by atoms with Crippen LogP contribution in [0.2, 0.25) is 0 Å². The molecule has 0 atom stereocenters. The van der Waals surface area contributed by atoms with E-state index >= 15 is 0 Å². The summed E-state index contributed by atoms with van der Waals surface area (Å²) >= 11 is 0. The monoisotopic (exact) mass is 360 g/mol. The molecule has 4 aromatic rings. The van der Waals surface area contributed by atoms with Crippen LogP contribution in [0.1, 0.15) is 10.5 Å². The number of carbonyl (C=O) groups excluding carboxylic acids is 1. The number of nitrogens with zero attached hydrogens (tertiary/aromatic N) is 6. The van der Waals surface area contributed by atoms with E-state index in [0.717, 1.165) is 5.52 Å². The van der Waals surface area contributed by atoms with Crippen LogP contribution in [-0.2, 0) is 0 Å². The van der Waals surface area contributed by atoms with Gasteiger partial charge in [-0.1, -0.05) is 12.1 Å². The standard InChI is InChI=1S/C18H16N8O/c27-18(15-12-21-13-4-1-2-5-14(13)23-15)20-10-9-19-16-6-7-17(25-24-16)26-11-3-8-22-26/h1-8,11-12H,9-10H2,(H,19,24)(H,20,27). The summed E-state index contributed by atoms with van der Waals surface area (Å²) in [6, 6.07) is 12.9. The summed E-state index contributed by atoms with van der Waals surface area (Å²) in [5.41, 5.74) is 1.74. The van der Waals surface area contributed by atoms with E-state index < -0.39 is 0 Å². The number of nitrogens with one attached hydrogen (secondary N) is 2. The van der Waals surface area contributed by atoms with Crippen molar-refractivity contribution >= 4 is 22.8 Å². The molecule has 3 heterocycles. The normalized spacial score (nSPS) is 10.7. The second kappa shape index (κ2) is 7.56. The third-order valence-electron chi connectivity index (χ3n) is 3.79. The molecule has 0 spiro atoms. The van der Waals surface area contributed by atoms with Gasteiger partial charge in [-0.05, 0) is 30.3 Å². The third kappa shape index (κ3) is 3.87. The molecule has 0 aliphatic rings. The quantitative estimate of drug-likeness (QED) is 0.501. The number of para-hydroxylation sites is 2. The van der Waals surface area contributed by atoms with E-state index in [2.05, 4.69) is 35.9 Å². The lowest BCUT2D eigenvalue weighted by molar-refractivity contribution is 0.0950. The maximum atomic E-state index is 12.2. The van der Waals surface area contributed by atoms with Gasteiger partial charge >= 0.3 is 0 Å². The zero-order valence-corrected chi connectivity index (χ0v) is 14.3. The SMILES string of the molecule is O=C(NCCNc1ccc(-n2cccn2)nn1)c1cnc2ccccc2n1. The van der Waals surface area contributed by atoms with Gasteiger partial charge in [0.15, 0.2) is 5.82 Å². The van der Waals surface area contributed by atoms with Gasteiger partial charge in [-0.15, -0.1) is 10.2 Å². The maximum Gasteiger partial charge on any atom is 0.271 e. The smallest absolute Gasteiger partial charge is 0.271 e. The number of benzene rings is 1. The van der Waals surface area contributed by atoms with Crippen molar-refractivity contribution in [3.63, 3.8) is 0 Å². The molecule has 0 saturated heterocycles. The molecule has 9 nitrogen and oxygen atoms in total. The van der Waals surface area contributed by atoms with Crippen LogP contribution in [0.5, 0.6) is 0 Å². The van der Waals surface area contributed by atoms with E-state index in [1.807, 2.05) is 36.4 Å². The molecule has 1 aromatic carbocycles. The van der Waals surface area contributed by atoms with Gasteiger partial charge in [0.2, 0.25) is 0 Å². The van der Waals surface area contributed by atoms with Gasteiger partial charge in [0.1, 0.15) is 11.5 Å². The highest BCUT2D eigenvalue weighted by Crippen LogP contribution is 2.08. The Hall–Kier alpha value is -3.88. The van der Waals surface area contributed by atoms with Crippen LogP contribution in [0.4, 0.5) is 5.82 Å². The van der Waals surface area contributed by atoms with Crippen LogP contribution in [-0.4, -0.2) is 48.9 Å². The first-order valence-corrected chi connectivity index (χ1v) is 8.37. The maximum absolute atomic E-state index is 12.2. The molecule has 4 rings (SSSR count). The Kier molecular flexibility index (Phi) is 4.64. The van der Waals surface area contributed by atoms with Crippen molar-refractivity contribution in [1.82, 2.24) is 35.3 Å². The summed E-state index contributed by atoms with van der Waals surface area (Å²) in [7, 11) is 0. The number of aromatic nitrogens is 6. The third-order valence-corrected chi connectivity index (χ3v) is 3.79. The fourth-order valence-electron chi connectivity index (χ4n) is 2.47. The molecule has 0 fully saturated rings. The van der Waals surface area contributed by atoms with Crippen LogP contribution in [0.3, 0.4) is 0 Å². The van der Waals surface area contributed by atoms with Crippen LogP contribution >= 0.6 is 0 Å². The average Bonchev–Trinajstić information content (AvgIpc) is 3.26. The van der Waals surface area contributed by atoms with E-state index in [4.69, 9.17) is 0 Å². The Labute approximate surface area is 154 Å². The number of hydrogen-bond donors (Lipinski definition) is 2. The molecule has 0 aliphatic carbocycles. The van der Waals surface area contributed by atoms with Gasteiger partial charge < -0.3 is 10.6 Å². The largest absolute Gasteiger partial charge is 0.367 e. The van der Waals surface area contributed by atoms with Crippen molar-refractivity contribution in [2.45, 2.75) is 0 Å². The zero-order valence-electron chi connectivity index (χ0n) is 14.3. The molecule has 0 unspecified atom stereocenters. The fraction of sp³-hybridized carbons (Fsp3) is 0.111. The van der Waals surface area contributed by atoms with E-state index in [1.54, 1.807) is 23.1 Å². The Bertz CT molecular complexity index is 1050. The van der Waals surface area contributed by atoms with E-state index in [1.165, 1.54) is 6.20 Å². The Balaban J connectivity index is 1.28. The number of fused-ring (bicyclic) bond motifs is 1. The molecule has 3 aromatic heterocycles. The lowest BCUT2D eigenvalue weighted by Crippen LogP contribution is -2.29. The molecule has 134 valence electrons. The van der Waals surface area contributed by atoms with Crippen molar-refractivity contribution in [2.24, 2.45) is 0 Å². The lowest BCUT2D eigenvalue weighted by atomic mass is 10.3. The molecule has 27 heavy (non-hydrogen) atoms. The molecule has 0 radical (unpaired) electrons. The highest BCUT2D eigenvalue weighted by Gasteiger charge is 2.08. The van der Waals surface area contributed by atoms with Crippen molar-refractivity contribution in [2.75, 3.05) is 18.4 Å². The molecule has 9 heteroatoms. The summed E-state index contributed by atoms with van der Waals surface area (Å²) in [6.45, 7) is 0.915. The van der Waals surface area contributed by atoms with Gasteiger partial charge in [-0.25, -0.2) is 9.67 Å². The highest BCUT2D eigenvalue weighted by molar-refractivity contribution is 5.93. The molecule has 2 N–H and O–H groups in total. The number of rotatable bonds is 6. The molecule has 0 aliphatic heterocycles. The van der Waals surface area contributed by atoms with Crippen molar-refractivity contribution in [3.8, 4) is 5.82 Å². The second-order valence-electron chi connectivity index (χ2n) is 5.65. The molecular formula is C18H16N8O. The number of hydrogen-bond acceptors (Lipinski definition) is 7. The molecule has 0 saturated carbocycles. The van der Waals surface area contributed by atoms with Gasteiger partial charge in [-0.3, -0.25) is 9.78 Å². The highest BCUT2D eigenvalue weighted by atomic mass is 16.1. The van der Waals surface area contributed by atoms with Crippen LogP contribution < -0.4 is 10.6 Å². The van der Waals surface area contributed by atoms with Gasteiger partial charge in [-0.2, -0.15) is 5.10 Å². The lowest BCUT2D eigenvalue weighted by Gasteiger charge is -2.07. The Morgan fingerprint density at radius 1 is 1.00 bits per heavy atom. The van der Waals surface area contributed by atoms with Crippen LogP contribution in [0.25, 0.3) is 16.9 Å². The van der Waals surface area contributed by atoms with Gasteiger partial charge in [0.05, 0.1) is 17.2 Å². The topological polar surface area (TPSA) is 111 Å². The summed E-state index contributed by atoms with van der Waals surface area (Å²) in [6.07, 6.45) is 4.95. The summed E-state index contributed by atoms with van der Waals surface area (Å²) < 4.78 is 1.63. The number of carbonyl (C=O) groups is 1. The predicted octanol–water partition coefficient (Wildman–Crippen LogP) is 1.45. The first-order valence-electron chi connectivity index (χ1n) is 8.37. The fourth-order valence-corrected chi connectivity index (χ4v) is 2.47. The van der Waals surface area contributed by atoms with Crippen LogP contribution in [0.15, 0.2) is 61.1 Å².